The average Bonchev–Trinajstić information content (AvgIpc) is 2.65. The number of aromatic amines is 1. The number of carbonyl (C=O) groups is 1. The van der Waals surface area contributed by atoms with Crippen molar-refractivity contribution in [2.45, 2.75) is 13.8 Å². The van der Waals surface area contributed by atoms with E-state index in [9.17, 15) is 9.59 Å². The van der Waals surface area contributed by atoms with Crippen molar-refractivity contribution < 1.29 is 9.90 Å². The van der Waals surface area contributed by atoms with Crippen LogP contribution in [0.4, 0.5) is 0 Å². The first-order valence-corrected chi connectivity index (χ1v) is 5.00. The summed E-state index contributed by atoms with van der Waals surface area (Å²) in [5, 5.41) is 12.5. The Morgan fingerprint density at radius 2 is 2.12 bits per heavy atom. The number of aryl methyl sites for hydroxylation is 1. The van der Waals surface area contributed by atoms with Crippen molar-refractivity contribution in [3.63, 3.8) is 0 Å². The lowest BCUT2D eigenvalue weighted by molar-refractivity contribution is 0.0683. The fraction of sp³-hybridized carbons (Fsp3) is 0.182. The normalized spacial score (nSPS) is 10.5. The quantitative estimate of drug-likeness (QED) is 0.805. The molecule has 1 aromatic heterocycles. The van der Waals surface area contributed by atoms with E-state index in [0.717, 1.165) is 15.8 Å². The molecule has 0 fully saturated rings. The number of rotatable bonds is 2. The van der Waals surface area contributed by atoms with Gasteiger partial charge in [-0.25, -0.2) is 9.59 Å². The number of hydrogen-bond acceptors (Lipinski definition) is 3. The van der Waals surface area contributed by atoms with Crippen LogP contribution < -0.4 is 5.69 Å². The smallest absolute Gasteiger partial charge is 0.373 e. The van der Waals surface area contributed by atoms with E-state index in [4.69, 9.17) is 5.11 Å². The van der Waals surface area contributed by atoms with Gasteiger partial charge in [-0.15, -0.1) is 5.10 Å². The molecule has 0 saturated heterocycles. The molecule has 88 valence electrons. The number of H-pyrrole nitrogens is 1. The molecule has 0 bridgehead atoms. The summed E-state index contributed by atoms with van der Waals surface area (Å²) in [4.78, 5) is 24.5. The number of carboxylic acid groups (broad SMARTS) is 1. The van der Waals surface area contributed by atoms with E-state index in [0.29, 0.717) is 5.69 Å². The average molecular weight is 233 g/mol. The SMILES string of the molecule is Cc1cccc(-n2nc(C(=O)O)[nH]c2=O)c1C. The lowest BCUT2D eigenvalue weighted by Gasteiger charge is -2.06. The zero-order chi connectivity index (χ0) is 12.6. The molecule has 2 rings (SSSR count). The van der Waals surface area contributed by atoms with Crippen LogP contribution in [0, 0.1) is 13.8 Å². The zero-order valence-electron chi connectivity index (χ0n) is 9.39. The summed E-state index contributed by atoms with van der Waals surface area (Å²) in [6.07, 6.45) is 0. The van der Waals surface area contributed by atoms with Crippen molar-refractivity contribution in [2.24, 2.45) is 0 Å². The van der Waals surface area contributed by atoms with E-state index in [1.807, 2.05) is 19.9 Å². The number of aromatic nitrogens is 3. The molecule has 0 saturated carbocycles. The van der Waals surface area contributed by atoms with E-state index in [1.54, 1.807) is 12.1 Å². The summed E-state index contributed by atoms with van der Waals surface area (Å²) in [5.41, 5.74) is 1.92. The van der Waals surface area contributed by atoms with Crippen LogP contribution in [-0.4, -0.2) is 25.8 Å². The van der Waals surface area contributed by atoms with Crippen molar-refractivity contribution in [1.82, 2.24) is 14.8 Å². The van der Waals surface area contributed by atoms with E-state index >= 15 is 0 Å². The van der Waals surface area contributed by atoms with E-state index < -0.39 is 11.7 Å². The first kappa shape index (κ1) is 11.1. The summed E-state index contributed by atoms with van der Waals surface area (Å²) in [6.45, 7) is 3.76. The molecule has 2 aromatic rings. The van der Waals surface area contributed by atoms with E-state index in [-0.39, 0.29) is 5.82 Å². The number of hydrogen-bond donors (Lipinski definition) is 2. The molecule has 1 aromatic carbocycles. The van der Waals surface area contributed by atoms with Crippen LogP contribution in [0.2, 0.25) is 0 Å². The highest BCUT2D eigenvalue weighted by Gasteiger charge is 2.14. The van der Waals surface area contributed by atoms with Crippen LogP contribution in [0.5, 0.6) is 0 Å². The Bertz CT molecular complexity index is 640. The molecule has 0 aliphatic rings. The summed E-state index contributed by atoms with van der Waals surface area (Å²) in [5.74, 6) is -1.62. The molecule has 6 nitrogen and oxygen atoms in total. The molecule has 1 heterocycles. The number of nitrogens with one attached hydrogen (secondary N) is 1. The van der Waals surface area contributed by atoms with Crippen LogP contribution in [0.3, 0.4) is 0 Å². The van der Waals surface area contributed by atoms with Gasteiger partial charge in [0.1, 0.15) is 0 Å². The maximum Gasteiger partial charge on any atom is 0.373 e. The number of benzene rings is 1. The van der Waals surface area contributed by atoms with Gasteiger partial charge in [0.25, 0.3) is 0 Å². The highest BCUT2D eigenvalue weighted by Crippen LogP contribution is 2.14. The highest BCUT2D eigenvalue weighted by molar-refractivity contribution is 5.82. The third-order valence-corrected chi connectivity index (χ3v) is 2.62. The molecule has 6 heteroatoms. The minimum absolute atomic E-state index is 0.365. The van der Waals surface area contributed by atoms with Gasteiger partial charge in [-0.1, -0.05) is 12.1 Å². The van der Waals surface area contributed by atoms with Crippen molar-refractivity contribution in [3.8, 4) is 5.69 Å². The number of carboxylic acids is 1. The maximum absolute atomic E-state index is 11.6. The Balaban J connectivity index is 2.65. The van der Waals surface area contributed by atoms with Gasteiger partial charge in [0.2, 0.25) is 5.82 Å². The van der Waals surface area contributed by atoms with Crippen LogP contribution in [-0.2, 0) is 0 Å². The molecule has 0 spiro atoms. The molecule has 0 atom stereocenters. The fourth-order valence-corrected chi connectivity index (χ4v) is 1.55. The molecule has 0 aliphatic carbocycles. The molecule has 17 heavy (non-hydrogen) atoms. The topological polar surface area (TPSA) is 88.0 Å². The van der Waals surface area contributed by atoms with Gasteiger partial charge < -0.3 is 5.11 Å². The van der Waals surface area contributed by atoms with Crippen LogP contribution in [0.25, 0.3) is 5.69 Å². The Labute approximate surface area is 96.5 Å². The van der Waals surface area contributed by atoms with Crippen LogP contribution in [0.15, 0.2) is 23.0 Å². The predicted octanol–water partition coefficient (Wildman–Crippen LogP) is 0.876. The second-order valence-corrected chi connectivity index (χ2v) is 3.71. The van der Waals surface area contributed by atoms with Crippen molar-refractivity contribution >= 4 is 5.97 Å². The summed E-state index contributed by atoms with van der Waals surface area (Å²) in [6, 6.07) is 5.42. The van der Waals surface area contributed by atoms with Gasteiger partial charge in [-0.2, -0.15) is 4.68 Å². The summed E-state index contributed by atoms with van der Waals surface area (Å²) < 4.78 is 1.06. The van der Waals surface area contributed by atoms with Gasteiger partial charge in [0.15, 0.2) is 0 Å². The largest absolute Gasteiger partial charge is 0.475 e. The molecule has 0 unspecified atom stereocenters. The second kappa shape index (κ2) is 3.89. The minimum Gasteiger partial charge on any atom is -0.475 e. The molecule has 0 aliphatic heterocycles. The summed E-state index contributed by atoms with van der Waals surface area (Å²) in [7, 11) is 0. The Morgan fingerprint density at radius 1 is 1.41 bits per heavy atom. The Morgan fingerprint density at radius 3 is 2.71 bits per heavy atom. The first-order valence-electron chi connectivity index (χ1n) is 5.00. The third kappa shape index (κ3) is 1.84. The third-order valence-electron chi connectivity index (χ3n) is 2.62. The molecular weight excluding hydrogens is 222 g/mol. The van der Waals surface area contributed by atoms with E-state index in [1.165, 1.54) is 0 Å². The maximum atomic E-state index is 11.6. The lowest BCUT2D eigenvalue weighted by Crippen LogP contribution is -2.17. The lowest BCUT2D eigenvalue weighted by atomic mass is 10.1. The highest BCUT2D eigenvalue weighted by atomic mass is 16.4. The van der Waals surface area contributed by atoms with Gasteiger partial charge in [-0.3, -0.25) is 4.98 Å². The first-order chi connectivity index (χ1) is 8.00. The van der Waals surface area contributed by atoms with Crippen LogP contribution >= 0.6 is 0 Å². The second-order valence-electron chi connectivity index (χ2n) is 3.71. The Kier molecular flexibility index (Phi) is 2.55. The van der Waals surface area contributed by atoms with Crippen LogP contribution in [0.1, 0.15) is 21.7 Å². The van der Waals surface area contributed by atoms with Gasteiger partial charge in [0, 0.05) is 0 Å². The van der Waals surface area contributed by atoms with Crippen molar-refractivity contribution in [1.29, 1.82) is 0 Å². The van der Waals surface area contributed by atoms with Crippen molar-refractivity contribution in [2.75, 3.05) is 0 Å². The number of nitrogens with zero attached hydrogens (tertiary/aromatic N) is 2. The fourth-order valence-electron chi connectivity index (χ4n) is 1.55. The van der Waals surface area contributed by atoms with E-state index in [2.05, 4.69) is 10.1 Å². The monoisotopic (exact) mass is 233 g/mol. The van der Waals surface area contributed by atoms with Gasteiger partial charge in [-0.05, 0) is 31.0 Å². The minimum atomic E-state index is -1.26. The predicted molar refractivity (Wildman–Crippen MR) is 60.6 cm³/mol. The van der Waals surface area contributed by atoms with Gasteiger partial charge >= 0.3 is 11.7 Å². The standard InChI is InChI=1S/C11H11N3O3/c1-6-4-3-5-8(7(6)2)14-11(17)12-9(13-14)10(15)16/h3-5H,1-2H3,(H,15,16)(H,12,13,17). The molecule has 2 N–H and O–H groups in total. The molecule has 0 radical (unpaired) electrons. The Hall–Kier alpha value is -2.37. The number of aromatic carboxylic acids is 1. The zero-order valence-corrected chi connectivity index (χ0v) is 9.39. The molecule has 0 amide bonds. The summed E-state index contributed by atoms with van der Waals surface area (Å²) >= 11 is 0. The van der Waals surface area contributed by atoms with Crippen molar-refractivity contribution in [3.05, 3.63) is 45.6 Å². The van der Waals surface area contributed by atoms with Gasteiger partial charge in [0.05, 0.1) is 5.69 Å². The molecular formula is C11H11N3O3.